The zero-order chi connectivity index (χ0) is 24.0. The number of nitrogens with one attached hydrogen (secondary N) is 2. The summed E-state index contributed by atoms with van der Waals surface area (Å²) < 4.78 is 25.4. The molecule has 8 heteroatoms. The number of rotatable bonds is 8. The first-order valence-electron chi connectivity index (χ1n) is 10.4. The minimum atomic E-state index is -3.67. The second kappa shape index (κ2) is 10.4. The van der Waals surface area contributed by atoms with Crippen LogP contribution in [0.15, 0.2) is 84.9 Å². The molecular weight excluding hydrogens is 438 g/mol. The van der Waals surface area contributed by atoms with Crippen LogP contribution in [0.4, 0.5) is 5.69 Å². The third-order valence-electron chi connectivity index (χ3n) is 5.33. The van der Waals surface area contributed by atoms with Crippen LogP contribution in [0.2, 0.25) is 0 Å². The van der Waals surface area contributed by atoms with Gasteiger partial charge in [-0.1, -0.05) is 72.8 Å². The summed E-state index contributed by atoms with van der Waals surface area (Å²) in [4.78, 5) is 26.3. The van der Waals surface area contributed by atoms with Gasteiger partial charge < -0.3 is 10.6 Å². The van der Waals surface area contributed by atoms with Crippen LogP contribution < -0.4 is 10.6 Å². The molecule has 7 nitrogen and oxygen atoms in total. The van der Waals surface area contributed by atoms with Crippen molar-refractivity contribution in [2.45, 2.75) is 19.0 Å². The fraction of sp³-hybridized carbons (Fsp3) is 0.200. The number of carbonyl (C=O) groups excluding carboxylic acids is 2. The third-order valence-corrected chi connectivity index (χ3v) is 6.58. The Hall–Kier alpha value is -3.49. The molecule has 0 heterocycles. The molecule has 0 unspecified atom stereocenters. The number of nitrogens with zero attached hydrogens (tertiary/aromatic N) is 1. The summed E-state index contributed by atoms with van der Waals surface area (Å²) in [5.41, 5.74) is 2.04. The molecule has 0 radical (unpaired) electrons. The van der Waals surface area contributed by atoms with Crippen molar-refractivity contribution < 1.29 is 18.0 Å². The number of sulfonamides is 1. The summed E-state index contributed by atoms with van der Waals surface area (Å²) in [7, 11) is -2.31. The molecule has 0 saturated heterocycles. The summed E-state index contributed by atoms with van der Waals surface area (Å²) >= 11 is 0. The van der Waals surface area contributed by atoms with Crippen molar-refractivity contribution in [1.29, 1.82) is 0 Å². The zero-order valence-electron chi connectivity index (χ0n) is 18.7. The highest BCUT2D eigenvalue weighted by Crippen LogP contribution is 2.25. The fourth-order valence-electron chi connectivity index (χ4n) is 3.44. The van der Waals surface area contributed by atoms with Gasteiger partial charge in [-0.3, -0.25) is 9.59 Å². The summed E-state index contributed by atoms with van der Waals surface area (Å²) in [6.45, 7) is 1.88. The van der Waals surface area contributed by atoms with E-state index in [0.717, 1.165) is 16.1 Å². The Balaban J connectivity index is 1.86. The lowest BCUT2D eigenvalue weighted by atomic mass is 10.1. The molecule has 0 aliphatic rings. The summed E-state index contributed by atoms with van der Waals surface area (Å²) in [5.74, 6) is -0.916. The average Bonchev–Trinajstić information content (AvgIpc) is 2.80. The fourth-order valence-corrected chi connectivity index (χ4v) is 4.04. The van der Waals surface area contributed by atoms with Crippen molar-refractivity contribution in [2.75, 3.05) is 18.6 Å². The minimum absolute atomic E-state index is 0.240. The maximum atomic E-state index is 13.3. The van der Waals surface area contributed by atoms with Crippen LogP contribution in [0.5, 0.6) is 0 Å². The first kappa shape index (κ1) is 24.2. The van der Waals surface area contributed by atoms with Crippen molar-refractivity contribution in [2.24, 2.45) is 0 Å². The number of amides is 2. The minimum Gasteiger partial charge on any atom is -0.345 e. The van der Waals surface area contributed by atoms with Crippen molar-refractivity contribution >= 4 is 27.5 Å². The summed E-state index contributed by atoms with van der Waals surface area (Å²) in [6.07, 6.45) is 1.04. The Kier molecular flexibility index (Phi) is 7.63. The van der Waals surface area contributed by atoms with Crippen molar-refractivity contribution in [1.82, 2.24) is 9.62 Å². The SMILES string of the molecule is C[C@H](NC(=O)c1ccccc1NC(=O)[C@@H](c1ccccc1)N(C)S(C)(=O)=O)c1ccccc1. The first-order valence-corrected chi connectivity index (χ1v) is 12.3. The lowest BCUT2D eigenvalue weighted by Crippen LogP contribution is -2.38. The van der Waals surface area contributed by atoms with Gasteiger partial charge in [0.25, 0.3) is 5.91 Å². The van der Waals surface area contributed by atoms with Crippen LogP contribution in [-0.4, -0.2) is 37.8 Å². The van der Waals surface area contributed by atoms with E-state index in [0.29, 0.717) is 11.3 Å². The van der Waals surface area contributed by atoms with Gasteiger partial charge in [0.15, 0.2) is 0 Å². The summed E-state index contributed by atoms with van der Waals surface area (Å²) in [6, 6.07) is 23.5. The van der Waals surface area contributed by atoms with Crippen molar-refractivity contribution in [3.05, 3.63) is 102 Å². The lowest BCUT2D eigenvalue weighted by molar-refractivity contribution is -0.119. The number of para-hydroxylation sites is 1. The Morgan fingerprint density at radius 3 is 1.91 bits per heavy atom. The van der Waals surface area contributed by atoms with Gasteiger partial charge in [-0.05, 0) is 30.2 Å². The van der Waals surface area contributed by atoms with Crippen LogP contribution in [-0.2, 0) is 14.8 Å². The molecule has 2 amide bonds. The normalized spacial score (nSPS) is 13.2. The van der Waals surface area contributed by atoms with Gasteiger partial charge in [-0.2, -0.15) is 4.31 Å². The number of hydrogen-bond donors (Lipinski definition) is 2. The monoisotopic (exact) mass is 465 g/mol. The van der Waals surface area contributed by atoms with Gasteiger partial charge in [-0.25, -0.2) is 8.42 Å². The Bertz CT molecular complexity index is 1210. The molecule has 0 bridgehead atoms. The van der Waals surface area contributed by atoms with E-state index in [1.54, 1.807) is 54.6 Å². The molecule has 172 valence electrons. The third kappa shape index (κ3) is 6.06. The smallest absolute Gasteiger partial charge is 0.253 e. The molecule has 3 aromatic carbocycles. The standard InChI is InChI=1S/C25H27N3O4S/c1-18(19-12-6-4-7-13-19)26-24(29)21-16-10-11-17-22(21)27-25(30)23(28(2)33(3,31)32)20-14-8-5-9-15-20/h4-18,23H,1-3H3,(H,26,29)(H,27,30)/t18-,23+/m0/s1. The molecule has 3 aromatic rings. The second-order valence-corrected chi connectivity index (χ2v) is 9.78. The molecule has 2 N–H and O–H groups in total. The average molecular weight is 466 g/mol. The van der Waals surface area contributed by atoms with Gasteiger partial charge in [-0.15, -0.1) is 0 Å². The van der Waals surface area contributed by atoms with Gasteiger partial charge in [0, 0.05) is 7.05 Å². The molecule has 0 saturated carbocycles. The maximum absolute atomic E-state index is 13.3. The Morgan fingerprint density at radius 2 is 1.33 bits per heavy atom. The lowest BCUT2D eigenvalue weighted by Gasteiger charge is -2.26. The highest BCUT2D eigenvalue weighted by Gasteiger charge is 2.31. The van der Waals surface area contributed by atoms with Gasteiger partial charge in [0.2, 0.25) is 15.9 Å². The van der Waals surface area contributed by atoms with E-state index in [2.05, 4.69) is 10.6 Å². The zero-order valence-corrected chi connectivity index (χ0v) is 19.5. The largest absolute Gasteiger partial charge is 0.345 e. The van der Waals surface area contributed by atoms with Gasteiger partial charge in [0.05, 0.1) is 23.5 Å². The van der Waals surface area contributed by atoms with E-state index < -0.39 is 22.0 Å². The van der Waals surface area contributed by atoms with Crippen LogP contribution in [0.3, 0.4) is 0 Å². The van der Waals surface area contributed by atoms with Crippen molar-refractivity contribution in [3.63, 3.8) is 0 Å². The molecule has 2 atom stereocenters. The first-order chi connectivity index (χ1) is 15.7. The molecule has 0 spiro atoms. The molecular formula is C25H27N3O4S. The highest BCUT2D eigenvalue weighted by atomic mass is 32.2. The molecule has 0 fully saturated rings. The second-order valence-electron chi connectivity index (χ2n) is 7.73. The summed E-state index contributed by atoms with van der Waals surface area (Å²) in [5, 5.41) is 5.69. The molecule has 3 rings (SSSR count). The van der Waals surface area contributed by atoms with Crippen LogP contribution in [0.25, 0.3) is 0 Å². The molecule has 33 heavy (non-hydrogen) atoms. The predicted octanol–water partition coefficient (Wildman–Crippen LogP) is 3.75. The predicted molar refractivity (Wildman–Crippen MR) is 129 cm³/mol. The number of carbonyl (C=O) groups is 2. The Morgan fingerprint density at radius 1 is 0.818 bits per heavy atom. The van der Waals surface area contributed by atoms with E-state index in [9.17, 15) is 18.0 Å². The number of likely N-dealkylation sites (N-methyl/N-ethyl adjacent to an activating group) is 1. The van der Waals surface area contributed by atoms with Crippen molar-refractivity contribution in [3.8, 4) is 0 Å². The van der Waals surface area contributed by atoms with E-state index in [1.807, 2.05) is 37.3 Å². The topological polar surface area (TPSA) is 95.6 Å². The Labute approximate surface area is 194 Å². The van der Waals surface area contributed by atoms with Crippen LogP contribution in [0, 0.1) is 0 Å². The quantitative estimate of drug-likeness (QED) is 0.530. The molecule has 0 aliphatic carbocycles. The van der Waals surface area contributed by atoms with E-state index >= 15 is 0 Å². The molecule has 0 aliphatic heterocycles. The highest BCUT2D eigenvalue weighted by molar-refractivity contribution is 7.88. The van der Waals surface area contributed by atoms with E-state index in [4.69, 9.17) is 0 Å². The number of hydrogen-bond acceptors (Lipinski definition) is 4. The maximum Gasteiger partial charge on any atom is 0.253 e. The van der Waals surface area contributed by atoms with E-state index in [1.165, 1.54) is 7.05 Å². The van der Waals surface area contributed by atoms with Gasteiger partial charge in [0.1, 0.15) is 6.04 Å². The number of benzene rings is 3. The molecule has 0 aromatic heterocycles. The number of anilines is 1. The van der Waals surface area contributed by atoms with Crippen LogP contribution in [0.1, 0.15) is 40.5 Å². The van der Waals surface area contributed by atoms with Crippen LogP contribution >= 0.6 is 0 Å². The van der Waals surface area contributed by atoms with E-state index in [-0.39, 0.29) is 17.5 Å². The van der Waals surface area contributed by atoms with Gasteiger partial charge >= 0.3 is 0 Å².